The van der Waals surface area contributed by atoms with Crippen LogP contribution in [0.1, 0.15) is 46.6 Å². The van der Waals surface area contributed by atoms with E-state index in [1.807, 2.05) is 26.1 Å². The van der Waals surface area contributed by atoms with Crippen LogP contribution in [-0.4, -0.2) is 28.0 Å². The first-order valence-electron chi connectivity index (χ1n) is 7.39. The van der Waals surface area contributed by atoms with E-state index >= 15 is 0 Å². The van der Waals surface area contributed by atoms with Crippen LogP contribution in [0.4, 0.5) is 0 Å². The van der Waals surface area contributed by atoms with Crippen LogP contribution in [0.3, 0.4) is 0 Å². The van der Waals surface area contributed by atoms with Gasteiger partial charge in [0.15, 0.2) is 0 Å². The quantitative estimate of drug-likeness (QED) is 0.872. The van der Waals surface area contributed by atoms with Gasteiger partial charge in [-0.2, -0.15) is 5.10 Å². The van der Waals surface area contributed by atoms with Gasteiger partial charge in [0, 0.05) is 18.2 Å². The Balaban J connectivity index is 0.000000357. The van der Waals surface area contributed by atoms with Gasteiger partial charge >= 0.3 is 0 Å². The number of ether oxygens (including phenoxy) is 1. The lowest BCUT2D eigenvalue weighted by atomic mass is 10.2. The van der Waals surface area contributed by atoms with Crippen molar-refractivity contribution in [1.82, 2.24) is 14.8 Å². The molecule has 0 unspecified atom stereocenters. The smallest absolute Gasteiger partial charge is 0.276 e. The number of aromatic nitrogens is 3. The number of H-pyrrole nitrogens is 1. The molecule has 1 aliphatic heterocycles. The van der Waals surface area contributed by atoms with Gasteiger partial charge in [-0.15, -0.1) is 0 Å². The van der Waals surface area contributed by atoms with E-state index in [-0.39, 0.29) is 11.6 Å². The van der Waals surface area contributed by atoms with E-state index in [4.69, 9.17) is 4.74 Å². The van der Waals surface area contributed by atoms with Gasteiger partial charge in [-0.3, -0.25) is 9.89 Å². The normalized spacial score (nSPS) is 17.1. The predicted octanol–water partition coefficient (Wildman–Crippen LogP) is 3.13. The van der Waals surface area contributed by atoms with Gasteiger partial charge in [-0.05, 0) is 12.5 Å². The van der Waals surface area contributed by atoms with Gasteiger partial charge in [-0.1, -0.05) is 34.1 Å². The van der Waals surface area contributed by atoms with Crippen molar-refractivity contribution in [2.45, 2.75) is 46.6 Å². The lowest BCUT2D eigenvalue weighted by molar-refractivity contribution is 0.186. The first-order valence-corrected chi connectivity index (χ1v) is 7.39. The van der Waals surface area contributed by atoms with Crippen molar-refractivity contribution in [2.24, 2.45) is 0 Å². The molecule has 1 aliphatic rings. The van der Waals surface area contributed by atoms with Crippen LogP contribution in [-0.2, 0) is 4.74 Å². The lowest BCUT2D eigenvalue weighted by Gasteiger charge is -2.11. The highest BCUT2D eigenvalue weighted by atomic mass is 16.5. The van der Waals surface area contributed by atoms with Gasteiger partial charge in [0.25, 0.3) is 5.56 Å². The first-order chi connectivity index (χ1) is 9.77. The van der Waals surface area contributed by atoms with Crippen LogP contribution >= 0.6 is 0 Å². The molecule has 0 radical (unpaired) electrons. The summed E-state index contributed by atoms with van der Waals surface area (Å²) in [4.78, 5) is 12.0. The monoisotopic (exact) mass is 279 g/mol. The number of aromatic amines is 1. The van der Waals surface area contributed by atoms with Gasteiger partial charge in [-0.25, -0.2) is 0 Å². The molecular weight excluding hydrogens is 254 g/mol. The van der Waals surface area contributed by atoms with Crippen molar-refractivity contribution < 1.29 is 4.74 Å². The molecule has 20 heavy (non-hydrogen) atoms. The number of fused-ring (bicyclic) bond motifs is 1. The fourth-order valence-electron chi connectivity index (χ4n) is 1.98. The minimum Gasteiger partial charge on any atom is -0.379 e. The molecule has 0 saturated carbocycles. The van der Waals surface area contributed by atoms with Crippen molar-refractivity contribution in [3.63, 3.8) is 0 Å². The molecule has 0 bridgehead atoms. The molecule has 1 saturated heterocycles. The summed E-state index contributed by atoms with van der Waals surface area (Å²) in [6, 6.07) is 2.07. The van der Waals surface area contributed by atoms with Gasteiger partial charge < -0.3 is 9.30 Å². The summed E-state index contributed by atoms with van der Waals surface area (Å²) in [5, 5.41) is 7.44. The van der Waals surface area contributed by atoms with E-state index in [0.717, 1.165) is 18.4 Å². The van der Waals surface area contributed by atoms with Crippen LogP contribution < -0.4 is 5.56 Å². The zero-order valence-corrected chi connectivity index (χ0v) is 12.8. The van der Waals surface area contributed by atoms with Crippen molar-refractivity contribution in [3.05, 3.63) is 28.8 Å². The van der Waals surface area contributed by atoms with Crippen LogP contribution in [0, 0.1) is 0 Å². The maximum atomic E-state index is 12.0. The minimum absolute atomic E-state index is 0.0134. The van der Waals surface area contributed by atoms with Crippen molar-refractivity contribution in [2.75, 3.05) is 13.2 Å². The molecule has 0 amide bonds. The highest BCUT2D eigenvalue weighted by Gasteiger charge is 2.19. The molecule has 3 heterocycles. The number of nitrogens with one attached hydrogen (secondary N) is 1. The summed E-state index contributed by atoms with van der Waals surface area (Å²) in [5.74, 6) is 0. The molecule has 5 heteroatoms. The average molecular weight is 279 g/mol. The minimum atomic E-state index is -0.0134. The fourth-order valence-corrected chi connectivity index (χ4v) is 1.98. The van der Waals surface area contributed by atoms with Gasteiger partial charge in [0.2, 0.25) is 0 Å². The molecule has 2 aromatic heterocycles. The Hall–Kier alpha value is -1.62. The summed E-state index contributed by atoms with van der Waals surface area (Å²) in [5.41, 5.74) is 0.560. The summed E-state index contributed by atoms with van der Waals surface area (Å²) >= 11 is 0. The molecule has 0 aliphatic carbocycles. The Morgan fingerprint density at radius 2 is 2.15 bits per heavy atom. The molecule has 1 fully saturated rings. The second kappa shape index (κ2) is 8.53. The SMILES string of the molecule is CC.CCC.O=c1c2[nH]ncc2ccn1[C@@H]1CCOC1. The highest BCUT2D eigenvalue weighted by Crippen LogP contribution is 2.17. The Morgan fingerprint density at radius 3 is 2.75 bits per heavy atom. The molecule has 1 N–H and O–H groups in total. The average Bonchev–Trinajstić information content (AvgIpc) is 3.13. The molecule has 112 valence electrons. The van der Waals surface area contributed by atoms with E-state index in [0.29, 0.717) is 12.1 Å². The summed E-state index contributed by atoms with van der Waals surface area (Å²) < 4.78 is 7.00. The van der Waals surface area contributed by atoms with E-state index in [1.165, 1.54) is 6.42 Å². The Morgan fingerprint density at radius 1 is 1.45 bits per heavy atom. The molecule has 5 nitrogen and oxygen atoms in total. The molecule has 0 spiro atoms. The number of nitrogens with zero attached hydrogens (tertiary/aromatic N) is 2. The third-order valence-electron chi connectivity index (χ3n) is 2.83. The van der Waals surface area contributed by atoms with Crippen molar-refractivity contribution >= 4 is 10.9 Å². The number of hydrogen-bond donors (Lipinski definition) is 1. The second-order valence-corrected chi connectivity index (χ2v) is 4.45. The Bertz CT molecular complexity index is 553. The molecular formula is C15H25N3O2. The van der Waals surface area contributed by atoms with Crippen LogP contribution in [0.2, 0.25) is 0 Å². The maximum absolute atomic E-state index is 12.0. The molecule has 0 aromatic carbocycles. The van der Waals surface area contributed by atoms with Crippen molar-refractivity contribution in [1.29, 1.82) is 0 Å². The maximum Gasteiger partial charge on any atom is 0.276 e. The summed E-state index contributed by atoms with van der Waals surface area (Å²) in [7, 11) is 0. The zero-order valence-electron chi connectivity index (χ0n) is 12.8. The lowest BCUT2D eigenvalue weighted by Crippen LogP contribution is -2.24. The van der Waals surface area contributed by atoms with Gasteiger partial charge in [0.05, 0.1) is 18.8 Å². The first kappa shape index (κ1) is 16.4. The summed E-state index contributed by atoms with van der Waals surface area (Å²) in [6.07, 6.45) is 5.63. The number of pyridine rings is 1. The third-order valence-corrected chi connectivity index (χ3v) is 2.83. The Kier molecular flexibility index (Phi) is 7.01. The van der Waals surface area contributed by atoms with Crippen LogP contribution in [0.25, 0.3) is 10.9 Å². The predicted molar refractivity (Wildman–Crippen MR) is 82.1 cm³/mol. The Labute approximate surface area is 120 Å². The van der Waals surface area contributed by atoms with E-state index in [2.05, 4.69) is 24.0 Å². The standard InChI is InChI=1S/C10H11N3O2.C3H8.C2H6/c14-10-9-7(5-11-12-9)1-3-13(10)8-2-4-15-6-8;1-3-2;1-2/h1,3,5,8H,2,4,6H2,(H,11,12);3H2,1-2H3;1-2H3/t8-;;/m1../s1. The van der Waals surface area contributed by atoms with E-state index < -0.39 is 0 Å². The van der Waals surface area contributed by atoms with Gasteiger partial charge in [0.1, 0.15) is 5.52 Å². The van der Waals surface area contributed by atoms with E-state index in [1.54, 1.807) is 10.8 Å². The summed E-state index contributed by atoms with van der Waals surface area (Å²) in [6.45, 7) is 9.61. The topological polar surface area (TPSA) is 59.9 Å². The molecule has 2 aromatic rings. The third kappa shape index (κ3) is 3.70. The zero-order chi connectivity index (χ0) is 15.0. The largest absolute Gasteiger partial charge is 0.379 e. The number of rotatable bonds is 1. The van der Waals surface area contributed by atoms with Crippen molar-refractivity contribution in [3.8, 4) is 0 Å². The van der Waals surface area contributed by atoms with Crippen LogP contribution in [0.5, 0.6) is 0 Å². The van der Waals surface area contributed by atoms with E-state index in [9.17, 15) is 4.79 Å². The molecule has 1 atom stereocenters. The highest BCUT2D eigenvalue weighted by molar-refractivity contribution is 5.76. The second-order valence-electron chi connectivity index (χ2n) is 4.45. The fraction of sp³-hybridized carbons (Fsp3) is 0.600. The number of hydrogen-bond acceptors (Lipinski definition) is 3. The molecule has 3 rings (SSSR count). The van der Waals surface area contributed by atoms with Crippen LogP contribution in [0.15, 0.2) is 23.3 Å².